The molecule has 90 valence electrons. The largest absolute Gasteiger partial charge is 0.327 e. The van der Waals surface area contributed by atoms with Gasteiger partial charge in [-0.2, -0.15) is 0 Å². The molecule has 1 aromatic carbocycles. The Morgan fingerprint density at radius 2 is 2.00 bits per heavy atom. The summed E-state index contributed by atoms with van der Waals surface area (Å²) in [5.41, 5.74) is 8.87. The second-order valence-corrected chi connectivity index (χ2v) is 5.76. The van der Waals surface area contributed by atoms with Gasteiger partial charge in [-0.25, -0.2) is 4.98 Å². The van der Waals surface area contributed by atoms with E-state index in [-0.39, 0.29) is 6.04 Å². The van der Waals surface area contributed by atoms with E-state index >= 15 is 0 Å². The smallest absolute Gasteiger partial charge is 0.0896 e. The van der Waals surface area contributed by atoms with Crippen LogP contribution in [-0.4, -0.2) is 11.0 Å². The fraction of sp³-hybridized carbons (Fsp3) is 0.357. The minimum absolute atomic E-state index is 0.177. The molecule has 1 aromatic heterocycles. The van der Waals surface area contributed by atoms with E-state index in [9.17, 15) is 0 Å². The van der Waals surface area contributed by atoms with E-state index in [0.29, 0.717) is 0 Å². The number of nitrogens with zero attached hydrogens (tertiary/aromatic N) is 1. The average Bonchev–Trinajstić information content (AvgIpc) is 2.67. The van der Waals surface area contributed by atoms with Gasteiger partial charge in [0.15, 0.2) is 0 Å². The maximum Gasteiger partial charge on any atom is 0.0896 e. The molecule has 0 bridgehead atoms. The van der Waals surface area contributed by atoms with Crippen molar-refractivity contribution in [1.29, 1.82) is 0 Å². The van der Waals surface area contributed by atoms with Crippen LogP contribution >= 0.6 is 11.3 Å². The highest BCUT2D eigenvalue weighted by Crippen LogP contribution is 2.16. The van der Waals surface area contributed by atoms with E-state index in [0.717, 1.165) is 17.8 Å². The normalized spacial score (nSPS) is 12.6. The monoisotopic (exact) mass is 246 g/mol. The summed E-state index contributed by atoms with van der Waals surface area (Å²) >= 11 is 1.74. The van der Waals surface area contributed by atoms with Gasteiger partial charge in [-0.3, -0.25) is 0 Å². The van der Waals surface area contributed by atoms with E-state index in [1.165, 1.54) is 16.0 Å². The van der Waals surface area contributed by atoms with E-state index in [1.807, 2.05) is 13.1 Å². The summed E-state index contributed by atoms with van der Waals surface area (Å²) in [5, 5.41) is 1.11. The van der Waals surface area contributed by atoms with E-state index in [1.54, 1.807) is 11.3 Å². The van der Waals surface area contributed by atoms with Crippen LogP contribution in [0.5, 0.6) is 0 Å². The van der Waals surface area contributed by atoms with Gasteiger partial charge in [0, 0.05) is 17.1 Å². The first kappa shape index (κ1) is 12.3. The summed E-state index contributed by atoms with van der Waals surface area (Å²) in [5.74, 6) is 0. The maximum atomic E-state index is 6.19. The molecule has 2 nitrogen and oxygen atoms in total. The van der Waals surface area contributed by atoms with Gasteiger partial charge in [0.1, 0.15) is 0 Å². The number of aromatic nitrogens is 1. The zero-order valence-corrected chi connectivity index (χ0v) is 11.1. The zero-order valence-electron chi connectivity index (χ0n) is 10.3. The van der Waals surface area contributed by atoms with Crippen LogP contribution < -0.4 is 5.73 Å². The molecule has 1 heterocycles. The van der Waals surface area contributed by atoms with Crippen molar-refractivity contribution in [2.24, 2.45) is 5.73 Å². The number of rotatable bonds is 4. The minimum atomic E-state index is 0.177. The number of aryl methyl sites for hydroxylation is 2. The Hall–Kier alpha value is -1.19. The molecule has 0 aliphatic rings. The molecule has 0 aliphatic heterocycles. The number of benzene rings is 1. The Balaban J connectivity index is 1.98. The van der Waals surface area contributed by atoms with Gasteiger partial charge in [0.2, 0.25) is 0 Å². The predicted molar refractivity (Wildman–Crippen MR) is 73.4 cm³/mol. The first-order chi connectivity index (χ1) is 8.15. The van der Waals surface area contributed by atoms with Gasteiger partial charge in [0.05, 0.1) is 5.01 Å². The van der Waals surface area contributed by atoms with Crippen molar-refractivity contribution in [2.45, 2.75) is 32.7 Å². The molecular formula is C14H18N2S. The molecule has 2 aromatic rings. The third-order valence-corrected chi connectivity index (χ3v) is 3.81. The Morgan fingerprint density at radius 1 is 1.24 bits per heavy atom. The van der Waals surface area contributed by atoms with Crippen LogP contribution in [0.4, 0.5) is 0 Å². The van der Waals surface area contributed by atoms with Crippen molar-refractivity contribution in [1.82, 2.24) is 4.98 Å². The molecule has 0 saturated carbocycles. The van der Waals surface area contributed by atoms with Crippen molar-refractivity contribution in [3.05, 3.63) is 51.5 Å². The lowest BCUT2D eigenvalue weighted by atomic mass is 10.00. The molecule has 17 heavy (non-hydrogen) atoms. The molecule has 1 unspecified atom stereocenters. The molecule has 0 saturated heterocycles. The Labute approximate surface area is 107 Å². The SMILES string of the molecule is Cc1ncc(CC(N)Cc2ccccc2C)s1. The van der Waals surface area contributed by atoms with Crippen molar-refractivity contribution >= 4 is 11.3 Å². The fourth-order valence-electron chi connectivity index (χ4n) is 1.95. The molecular weight excluding hydrogens is 228 g/mol. The fourth-order valence-corrected chi connectivity index (χ4v) is 2.84. The molecule has 0 aliphatic carbocycles. The first-order valence-electron chi connectivity index (χ1n) is 5.86. The van der Waals surface area contributed by atoms with Crippen molar-refractivity contribution < 1.29 is 0 Å². The third-order valence-electron chi connectivity index (χ3n) is 2.88. The standard InChI is InChI=1S/C14H18N2S/c1-10-5-3-4-6-12(10)7-13(15)8-14-9-16-11(2)17-14/h3-6,9,13H,7-8,15H2,1-2H3. The highest BCUT2D eigenvalue weighted by atomic mass is 32.1. The number of nitrogens with two attached hydrogens (primary N) is 1. The van der Waals surface area contributed by atoms with Crippen LogP contribution in [0.15, 0.2) is 30.5 Å². The van der Waals surface area contributed by atoms with Gasteiger partial charge in [-0.05, 0) is 37.8 Å². The molecule has 1 atom stereocenters. The van der Waals surface area contributed by atoms with E-state index in [2.05, 4.69) is 36.2 Å². The van der Waals surface area contributed by atoms with Crippen molar-refractivity contribution in [2.75, 3.05) is 0 Å². The highest BCUT2D eigenvalue weighted by molar-refractivity contribution is 7.11. The summed E-state index contributed by atoms with van der Waals surface area (Å²) in [6.45, 7) is 4.17. The quantitative estimate of drug-likeness (QED) is 0.901. The molecule has 2 rings (SSSR count). The summed E-state index contributed by atoms with van der Waals surface area (Å²) in [6, 6.07) is 8.62. The van der Waals surface area contributed by atoms with Crippen LogP contribution in [0.2, 0.25) is 0 Å². The molecule has 0 fully saturated rings. The summed E-state index contributed by atoms with van der Waals surface area (Å²) in [7, 11) is 0. The maximum absolute atomic E-state index is 6.19. The Morgan fingerprint density at radius 3 is 2.65 bits per heavy atom. The summed E-state index contributed by atoms with van der Waals surface area (Å²) in [4.78, 5) is 5.54. The molecule has 0 spiro atoms. The van der Waals surface area contributed by atoms with Gasteiger partial charge >= 0.3 is 0 Å². The van der Waals surface area contributed by atoms with Crippen molar-refractivity contribution in [3.63, 3.8) is 0 Å². The molecule has 0 radical (unpaired) electrons. The summed E-state index contributed by atoms with van der Waals surface area (Å²) < 4.78 is 0. The van der Waals surface area contributed by atoms with Crippen LogP contribution in [0.25, 0.3) is 0 Å². The van der Waals surface area contributed by atoms with Crippen LogP contribution in [0.1, 0.15) is 21.0 Å². The van der Waals surface area contributed by atoms with Crippen molar-refractivity contribution in [3.8, 4) is 0 Å². The Kier molecular flexibility index (Phi) is 3.92. The lowest BCUT2D eigenvalue weighted by molar-refractivity contribution is 0.668. The highest BCUT2D eigenvalue weighted by Gasteiger charge is 2.08. The summed E-state index contributed by atoms with van der Waals surface area (Å²) in [6.07, 6.45) is 3.79. The predicted octanol–water partition coefficient (Wildman–Crippen LogP) is 2.87. The van der Waals surface area contributed by atoms with Gasteiger partial charge in [0.25, 0.3) is 0 Å². The molecule has 3 heteroatoms. The van der Waals surface area contributed by atoms with E-state index in [4.69, 9.17) is 5.73 Å². The second-order valence-electron chi connectivity index (χ2n) is 4.44. The second kappa shape index (κ2) is 5.43. The average molecular weight is 246 g/mol. The number of hydrogen-bond donors (Lipinski definition) is 1. The zero-order chi connectivity index (χ0) is 12.3. The Bertz CT molecular complexity index is 490. The molecule has 2 N–H and O–H groups in total. The number of thiazole rings is 1. The lowest BCUT2D eigenvalue weighted by Crippen LogP contribution is -2.25. The third kappa shape index (κ3) is 3.38. The van der Waals surface area contributed by atoms with Gasteiger partial charge in [-0.15, -0.1) is 11.3 Å². The van der Waals surface area contributed by atoms with Crippen LogP contribution in [-0.2, 0) is 12.8 Å². The molecule has 0 amide bonds. The van der Waals surface area contributed by atoms with Gasteiger partial charge in [-0.1, -0.05) is 24.3 Å². The number of hydrogen-bond acceptors (Lipinski definition) is 3. The lowest BCUT2D eigenvalue weighted by Gasteiger charge is -2.12. The van der Waals surface area contributed by atoms with Gasteiger partial charge < -0.3 is 5.73 Å². The van der Waals surface area contributed by atoms with E-state index < -0.39 is 0 Å². The topological polar surface area (TPSA) is 38.9 Å². The first-order valence-corrected chi connectivity index (χ1v) is 6.68. The minimum Gasteiger partial charge on any atom is -0.327 e. The van der Waals surface area contributed by atoms with Crippen LogP contribution in [0.3, 0.4) is 0 Å². The van der Waals surface area contributed by atoms with Crippen LogP contribution in [0, 0.1) is 13.8 Å².